The average molecular weight is 358 g/mol. The summed E-state index contributed by atoms with van der Waals surface area (Å²) in [6.45, 7) is 6.27. The Labute approximate surface area is 156 Å². The molecule has 1 saturated heterocycles. The van der Waals surface area contributed by atoms with Gasteiger partial charge in [0.2, 0.25) is 5.95 Å². The minimum absolute atomic E-state index is 0.368. The Bertz CT molecular complexity index is 726. The van der Waals surface area contributed by atoms with Gasteiger partial charge in [0.1, 0.15) is 0 Å². The summed E-state index contributed by atoms with van der Waals surface area (Å²) in [6.07, 6.45) is 8.08. The fourth-order valence-electron chi connectivity index (χ4n) is 4.09. The molecule has 2 aromatic heterocycles. The molecule has 0 aliphatic carbocycles. The molecule has 26 heavy (non-hydrogen) atoms. The van der Waals surface area contributed by atoms with Crippen LogP contribution in [-0.4, -0.2) is 56.8 Å². The number of imidazole rings is 1. The molecule has 0 amide bonds. The molecule has 0 bridgehead atoms. The Morgan fingerprint density at radius 2 is 1.92 bits per heavy atom. The van der Waals surface area contributed by atoms with Crippen LogP contribution in [0.5, 0.6) is 0 Å². The number of rotatable bonds is 6. The lowest BCUT2D eigenvalue weighted by Gasteiger charge is -2.40. The lowest BCUT2D eigenvalue weighted by molar-refractivity contribution is 0.118. The van der Waals surface area contributed by atoms with Crippen LogP contribution in [0.15, 0.2) is 12.5 Å². The average Bonchev–Trinajstić information content (AvgIpc) is 3.06. The first kappa shape index (κ1) is 18.8. The molecule has 0 saturated carbocycles. The molecule has 1 aliphatic rings. The first-order valence-corrected chi connectivity index (χ1v) is 9.65. The number of anilines is 1. The second-order valence-corrected chi connectivity index (χ2v) is 7.35. The number of likely N-dealkylation sites (tertiary alicyclic amines) is 1. The van der Waals surface area contributed by atoms with Crippen LogP contribution in [-0.2, 0) is 19.9 Å². The van der Waals surface area contributed by atoms with Gasteiger partial charge in [0, 0.05) is 26.8 Å². The first-order chi connectivity index (χ1) is 12.5. The molecule has 3 rings (SSSR count). The summed E-state index contributed by atoms with van der Waals surface area (Å²) < 4.78 is 2.14. The summed E-state index contributed by atoms with van der Waals surface area (Å²) in [5, 5.41) is 8.78. The van der Waals surface area contributed by atoms with Crippen LogP contribution in [0.4, 0.5) is 5.95 Å². The van der Waals surface area contributed by atoms with E-state index < -0.39 is 0 Å². The van der Waals surface area contributed by atoms with Gasteiger partial charge in [-0.15, -0.1) is 5.10 Å². The molecule has 2 atom stereocenters. The zero-order valence-corrected chi connectivity index (χ0v) is 16.7. The van der Waals surface area contributed by atoms with Crippen molar-refractivity contribution in [2.24, 2.45) is 13.0 Å². The van der Waals surface area contributed by atoms with E-state index in [1.54, 1.807) is 0 Å². The third-order valence-electron chi connectivity index (χ3n) is 5.51. The van der Waals surface area contributed by atoms with Gasteiger partial charge in [-0.2, -0.15) is 5.10 Å². The van der Waals surface area contributed by atoms with Crippen molar-refractivity contribution in [1.82, 2.24) is 29.6 Å². The van der Waals surface area contributed by atoms with Gasteiger partial charge >= 0.3 is 0 Å². The monoisotopic (exact) mass is 357 g/mol. The molecule has 0 aromatic carbocycles. The van der Waals surface area contributed by atoms with Crippen molar-refractivity contribution >= 4 is 5.95 Å². The van der Waals surface area contributed by atoms with Crippen LogP contribution in [0.25, 0.3) is 0 Å². The highest BCUT2D eigenvalue weighted by Gasteiger charge is 2.33. The predicted molar refractivity (Wildman–Crippen MR) is 103 cm³/mol. The highest BCUT2D eigenvalue weighted by molar-refractivity contribution is 5.29. The van der Waals surface area contributed by atoms with E-state index in [0.717, 1.165) is 43.3 Å². The summed E-state index contributed by atoms with van der Waals surface area (Å²) in [5.41, 5.74) is 3.35. The van der Waals surface area contributed by atoms with Crippen molar-refractivity contribution in [1.29, 1.82) is 0 Å². The second-order valence-electron chi connectivity index (χ2n) is 7.35. The maximum Gasteiger partial charge on any atom is 0.245 e. The van der Waals surface area contributed by atoms with Crippen LogP contribution < -0.4 is 4.90 Å². The van der Waals surface area contributed by atoms with E-state index in [4.69, 9.17) is 4.98 Å². The molecule has 3 heterocycles. The molecule has 0 unspecified atom stereocenters. The molecule has 2 aromatic rings. The van der Waals surface area contributed by atoms with Gasteiger partial charge in [-0.1, -0.05) is 13.8 Å². The van der Waals surface area contributed by atoms with Gasteiger partial charge in [0.15, 0.2) is 0 Å². The van der Waals surface area contributed by atoms with Crippen LogP contribution in [0.1, 0.15) is 49.8 Å². The smallest absolute Gasteiger partial charge is 0.245 e. The summed E-state index contributed by atoms with van der Waals surface area (Å²) in [5.74, 6) is 1.24. The molecule has 7 heteroatoms. The molecule has 0 spiro atoms. The summed E-state index contributed by atoms with van der Waals surface area (Å²) >= 11 is 0. The van der Waals surface area contributed by atoms with Crippen molar-refractivity contribution in [3.8, 4) is 0 Å². The third-order valence-corrected chi connectivity index (χ3v) is 5.51. The highest BCUT2D eigenvalue weighted by atomic mass is 15.3. The Hall–Kier alpha value is -2.02. The van der Waals surface area contributed by atoms with Crippen LogP contribution in [0.2, 0.25) is 0 Å². The van der Waals surface area contributed by atoms with E-state index in [1.807, 2.05) is 12.5 Å². The standard InChI is InChI=1S/C19H31N7/c1-6-15-16(7-2)22-23-19(21-15)25(4)12-14-9-8-10-24(3)18(14)17-11-20-13-26(17)5/h11,13-14,18H,6-10,12H2,1-5H3/t14-,18+/m0/s1. The van der Waals surface area contributed by atoms with Crippen molar-refractivity contribution in [2.75, 3.05) is 32.1 Å². The van der Waals surface area contributed by atoms with Crippen molar-refractivity contribution < 1.29 is 0 Å². The van der Waals surface area contributed by atoms with Crippen LogP contribution >= 0.6 is 0 Å². The van der Waals surface area contributed by atoms with E-state index in [-0.39, 0.29) is 0 Å². The minimum atomic E-state index is 0.368. The summed E-state index contributed by atoms with van der Waals surface area (Å²) in [4.78, 5) is 13.7. The summed E-state index contributed by atoms with van der Waals surface area (Å²) in [6, 6.07) is 0.368. The van der Waals surface area contributed by atoms with Crippen LogP contribution in [0.3, 0.4) is 0 Å². The molecule has 7 nitrogen and oxygen atoms in total. The SMILES string of the molecule is CCc1nnc(N(C)C[C@@H]2CCCN(C)[C@H]2c2cncn2C)nc1CC. The van der Waals surface area contributed by atoms with Gasteiger partial charge in [-0.3, -0.25) is 4.90 Å². The maximum atomic E-state index is 4.77. The normalized spacial score (nSPS) is 21.1. The van der Waals surface area contributed by atoms with Gasteiger partial charge in [0.25, 0.3) is 0 Å². The Balaban J connectivity index is 1.80. The maximum absolute atomic E-state index is 4.77. The fraction of sp³-hybridized carbons (Fsp3) is 0.684. The van der Waals surface area contributed by atoms with Gasteiger partial charge < -0.3 is 9.47 Å². The molecule has 1 fully saturated rings. The van der Waals surface area contributed by atoms with Crippen molar-refractivity contribution in [3.63, 3.8) is 0 Å². The van der Waals surface area contributed by atoms with Gasteiger partial charge in [-0.05, 0) is 45.2 Å². The molecule has 0 radical (unpaired) electrons. The second kappa shape index (κ2) is 8.12. The predicted octanol–water partition coefficient (Wildman–Crippen LogP) is 2.25. The highest BCUT2D eigenvalue weighted by Crippen LogP contribution is 2.35. The quantitative estimate of drug-likeness (QED) is 0.790. The van der Waals surface area contributed by atoms with Crippen molar-refractivity contribution in [3.05, 3.63) is 29.6 Å². The Morgan fingerprint density at radius 1 is 1.15 bits per heavy atom. The first-order valence-electron chi connectivity index (χ1n) is 9.65. The number of aromatic nitrogens is 5. The molecular formula is C19H31N7. The number of piperidine rings is 1. The third kappa shape index (κ3) is 3.72. The van der Waals surface area contributed by atoms with Crippen molar-refractivity contribution in [2.45, 2.75) is 45.6 Å². The van der Waals surface area contributed by atoms with Gasteiger partial charge in [-0.25, -0.2) is 9.97 Å². The largest absolute Gasteiger partial charge is 0.342 e. The minimum Gasteiger partial charge on any atom is -0.342 e. The molecule has 0 N–H and O–H groups in total. The number of hydrogen-bond acceptors (Lipinski definition) is 6. The van der Waals surface area contributed by atoms with Crippen LogP contribution in [0, 0.1) is 5.92 Å². The van der Waals surface area contributed by atoms with Gasteiger partial charge in [0.05, 0.1) is 29.5 Å². The number of hydrogen-bond donors (Lipinski definition) is 0. The zero-order chi connectivity index (χ0) is 18.7. The van der Waals surface area contributed by atoms with E-state index in [0.29, 0.717) is 12.0 Å². The zero-order valence-electron chi connectivity index (χ0n) is 16.7. The Kier molecular flexibility index (Phi) is 5.86. The summed E-state index contributed by atoms with van der Waals surface area (Å²) in [7, 11) is 6.37. The van der Waals surface area contributed by atoms with E-state index >= 15 is 0 Å². The van der Waals surface area contributed by atoms with E-state index in [9.17, 15) is 0 Å². The molecular weight excluding hydrogens is 326 g/mol. The van der Waals surface area contributed by atoms with E-state index in [2.05, 4.69) is 64.5 Å². The molecule has 142 valence electrons. The lowest BCUT2D eigenvalue weighted by atomic mass is 9.87. The number of aryl methyl sites for hydroxylation is 3. The Morgan fingerprint density at radius 3 is 2.58 bits per heavy atom. The topological polar surface area (TPSA) is 63.0 Å². The molecule has 1 aliphatic heterocycles. The lowest BCUT2D eigenvalue weighted by Crippen LogP contribution is -2.42. The fourth-order valence-corrected chi connectivity index (χ4v) is 4.09. The van der Waals surface area contributed by atoms with E-state index in [1.165, 1.54) is 18.5 Å². The number of nitrogens with zero attached hydrogens (tertiary/aromatic N) is 7.